The van der Waals surface area contributed by atoms with Gasteiger partial charge in [-0.3, -0.25) is 9.78 Å². The maximum atomic E-state index is 13.1. The summed E-state index contributed by atoms with van der Waals surface area (Å²) in [6.07, 6.45) is 2.41. The van der Waals surface area contributed by atoms with Crippen LogP contribution in [0, 0.1) is 0 Å². The summed E-state index contributed by atoms with van der Waals surface area (Å²) in [5.41, 5.74) is 5.22. The summed E-state index contributed by atoms with van der Waals surface area (Å²) in [7, 11) is 0. The molecule has 36 heavy (non-hydrogen) atoms. The van der Waals surface area contributed by atoms with Gasteiger partial charge in [0.05, 0.1) is 6.04 Å². The molecule has 182 valence electrons. The Morgan fingerprint density at radius 3 is 2.25 bits per heavy atom. The number of carbonyl (C=O) groups excluding carboxylic acids is 2. The number of hydrogen-bond donors (Lipinski definition) is 3. The number of benzene rings is 3. The molecule has 0 radical (unpaired) electrons. The van der Waals surface area contributed by atoms with E-state index in [0.29, 0.717) is 25.1 Å². The van der Waals surface area contributed by atoms with Crippen LogP contribution in [0.3, 0.4) is 0 Å². The predicted molar refractivity (Wildman–Crippen MR) is 142 cm³/mol. The van der Waals surface area contributed by atoms with Gasteiger partial charge >= 0.3 is 6.03 Å². The van der Waals surface area contributed by atoms with Crippen molar-refractivity contribution in [2.75, 3.05) is 6.54 Å². The van der Waals surface area contributed by atoms with Crippen LogP contribution in [0.1, 0.15) is 40.1 Å². The van der Waals surface area contributed by atoms with E-state index in [4.69, 9.17) is 0 Å². The number of rotatable bonds is 9. The number of pyridine rings is 1. The van der Waals surface area contributed by atoms with Crippen LogP contribution >= 0.6 is 0 Å². The van der Waals surface area contributed by atoms with Crippen molar-refractivity contribution < 1.29 is 9.59 Å². The molecule has 0 unspecified atom stereocenters. The Morgan fingerprint density at radius 2 is 1.47 bits per heavy atom. The van der Waals surface area contributed by atoms with Crippen molar-refractivity contribution in [3.8, 4) is 11.1 Å². The first-order valence-corrected chi connectivity index (χ1v) is 12.1. The van der Waals surface area contributed by atoms with Crippen molar-refractivity contribution in [2.45, 2.75) is 25.9 Å². The summed E-state index contributed by atoms with van der Waals surface area (Å²) >= 11 is 0. The first kappa shape index (κ1) is 24.7. The predicted octanol–water partition coefficient (Wildman–Crippen LogP) is 5.28. The lowest BCUT2D eigenvalue weighted by Crippen LogP contribution is -2.36. The Bertz CT molecular complexity index is 1290. The highest BCUT2D eigenvalue weighted by molar-refractivity contribution is 6.01. The molecule has 3 aromatic carbocycles. The minimum Gasteiger partial charge on any atom is -0.352 e. The van der Waals surface area contributed by atoms with E-state index in [1.165, 1.54) is 0 Å². The number of carbonyl (C=O) groups is 2. The minimum absolute atomic E-state index is 0.114. The molecular weight excluding hydrogens is 448 g/mol. The van der Waals surface area contributed by atoms with Gasteiger partial charge in [-0.15, -0.1) is 0 Å². The Labute approximate surface area is 211 Å². The van der Waals surface area contributed by atoms with Crippen molar-refractivity contribution >= 4 is 11.9 Å². The van der Waals surface area contributed by atoms with Crippen LogP contribution in [-0.2, 0) is 13.0 Å². The molecule has 4 rings (SSSR count). The summed E-state index contributed by atoms with van der Waals surface area (Å²) in [5.74, 6) is -0.140. The van der Waals surface area contributed by atoms with E-state index in [1.54, 1.807) is 6.20 Å². The van der Waals surface area contributed by atoms with Gasteiger partial charge in [-0.1, -0.05) is 78.9 Å². The van der Waals surface area contributed by atoms with Crippen LogP contribution in [-0.4, -0.2) is 23.5 Å². The summed E-state index contributed by atoms with van der Waals surface area (Å²) in [4.78, 5) is 29.9. The summed E-state index contributed by atoms with van der Waals surface area (Å²) in [6.45, 7) is 2.78. The average molecular weight is 479 g/mol. The Morgan fingerprint density at radius 1 is 0.778 bits per heavy atom. The fourth-order valence-corrected chi connectivity index (χ4v) is 4.05. The first-order chi connectivity index (χ1) is 17.6. The zero-order valence-corrected chi connectivity index (χ0v) is 20.3. The highest BCUT2D eigenvalue weighted by atomic mass is 16.2. The molecule has 0 fully saturated rings. The average Bonchev–Trinajstić information content (AvgIpc) is 2.93. The maximum absolute atomic E-state index is 13.1. The molecule has 4 aromatic rings. The number of nitrogens with zero attached hydrogens (tertiary/aromatic N) is 1. The molecule has 1 aromatic heterocycles. The van der Waals surface area contributed by atoms with E-state index in [1.807, 2.05) is 104 Å². The van der Waals surface area contributed by atoms with Gasteiger partial charge in [0.2, 0.25) is 0 Å². The third kappa shape index (κ3) is 6.57. The summed E-state index contributed by atoms with van der Waals surface area (Å²) < 4.78 is 0. The van der Waals surface area contributed by atoms with E-state index in [2.05, 4.69) is 20.9 Å². The number of nitrogens with one attached hydrogen (secondary N) is 3. The number of urea groups is 1. The maximum Gasteiger partial charge on any atom is 0.315 e. The van der Waals surface area contributed by atoms with Gasteiger partial charge < -0.3 is 16.0 Å². The largest absolute Gasteiger partial charge is 0.352 e. The molecule has 6 nitrogen and oxygen atoms in total. The number of amides is 3. The Balaban J connectivity index is 1.42. The fraction of sp³-hybridized carbons (Fsp3) is 0.167. The third-order valence-electron chi connectivity index (χ3n) is 5.96. The van der Waals surface area contributed by atoms with Gasteiger partial charge in [0.15, 0.2) is 0 Å². The molecule has 0 saturated heterocycles. The lowest BCUT2D eigenvalue weighted by atomic mass is 9.95. The van der Waals surface area contributed by atoms with Crippen LogP contribution in [0.15, 0.2) is 103 Å². The third-order valence-corrected chi connectivity index (χ3v) is 5.96. The van der Waals surface area contributed by atoms with Crippen LogP contribution < -0.4 is 16.0 Å². The second kappa shape index (κ2) is 12.3. The van der Waals surface area contributed by atoms with E-state index >= 15 is 0 Å². The molecule has 1 heterocycles. The van der Waals surface area contributed by atoms with Crippen LogP contribution in [0.4, 0.5) is 4.79 Å². The van der Waals surface area contributed by atoms with E-state index in [0.717, 1.165) is 27.9 Å². The summed E-state index contributed by atoms with van der Waals surface area (Å²) in [6, 6.07) is 30.6. The molecule has 0 bridgehead atoms. The number of hydrogen-bond acceptors (Lipinski definition) is 3. The molecule has 3 amide bonds. The van der Waals surface area contributed by atoms with E-state index < -0.39 is 0 Å². The van der Waals surface area contributed by atoms with Gasteiger partial charge in [-0.05, 0) is 47.4 Å². The highest BCUT2D eigenvalue weighted by Crippen LogP contribution is 2.27. The van der Waals surface area contributed by atoms with Crippen LogP contribution in [0.2, 0.25) is 0 Å². The second-order valence-corrected chi connectivity index (χ2v) is 8.49. The van der Waals surface area contributed by atoms with Gasteiger partial charge in [-0.25, -0.2) is 4.79 Å². The van der Waals surface area contributed by atoms with E-state index in [9.17, 15) is 9.59 Å². The van der Waals surface area contributed by atoms with Crippen molar-refractivity contribution in [1.82, 2.24) is 20.9 Å². The Kier molecular flexibility index (Phi) is 8.44. The summed E-state index contributed by atoms with van der Waals surface area (Å²) in [5, 5.41) is 8.93. The highest BCUT2D eigenvalue weighted by Gasteiger charge is 2.15. The van der Waals surface area contributed by atoms with Gasteiger partial charge in [0, 0.05) is 37.0 Å². The van der Waals surface area contributed by atoms with Gasteiger partial charge in [0.1, 0.15) is 0 Å². The Hall–Kier alpha value is -4.45. The normalized spacial score (nSPS) is 11.4. The van der Waals surface area contributed by atoms with Crippen LogP contribution in [0.25, 0.3) is 11.1 Å². The SMILES string of the molecule is C[C@H](NC(=O)NCc1ccccc1-c1ccccc1C(=O)NCCc1ccccn1)c1ccccc1. The lowest BCUT2D eigenvalue weighted by molar-refractivity contribution is 0.0954. The van der Waals surface area contributed by atoms with Gasteiger partial charge in [0.25, 0.3) is 5.91 Å². The lowest BCUT2D eigenvalue weighted by Gasteiger charge is -2.17. The minimum atomic E-state index is -0.248. The van der Waals surface area contributed by atoms with Crippen molar-refractivity contribution in [3.63, 3.8) is 0 Å². The fourth-order valence-electron chi connectivity index (χ4n) is 4.05. The van der Waals surface area contributed by atoms with Gasteiger partial charge in [-0.2, -0.15) is 0 Å². The monoisotopic (exact) mass is 478 g/mol. The topological polar surface area (TPSA) is 83.1 Å². The first-order valence-electron chi connectivity index (χ1n) is 12.1. The quantitative estimate of drug-likeness (QED) is 0.306. The molecule has 3 N–H and O–H groups in total. The zero-order valence-electron chi connectivity index (χ0n) is 20.3. The van der Waals surface area contributed by atoms with Crippen LogP contribution in [0.5, 0.6) is 0 Å². The molecule has 0 aliphatic heterocycles. The molecule has 1 atom stereocenters. The zero-order chi connectivity index (χ0) is 25.2. The standard InChI is InChI=1S/C30H30N4O2/c1-22(23-11-3-2-4-12-23)34-30(36)33-21-24-13-5-6-15-26(24)27-16-7-8-17-28(27)29(35)32-20-18-25-14-9-10-19-31-25/h2-17,19,22H,18,20-21H2,1H3,(H,32,35)(H2,33,34,36)/t22-/m0/s1. The molecular formula is C30H30N4O2. The molecule has 6 heteroatoms. The van der Waals surface area contributed by atoms with Crippen molar-refractivity contribution in [2.24, 2.45) is 0 Å². The smallest absolute Gasteiger partial charge is 0.315 e. The molecule has 0 aliphatic rings. The molecule has 0 saturated carbocycles. The molecule has 0 spiro atoms. The second-order valence-electron chi connectivity index (χ2n) is 8.49. The molecule has 0 aliphatic carbocycles. The van der Waals surface area contributed by atoms with E-state index in [-0.39, 0.29) is 18.0 Å². The van der Waals surface area contributed by atoms with Crippen molar-refractivity contribution in [3.05, 3.63) is 126 Å². The number of aromatic nitrogens is 1. The van der Waals surface area contributed by atoms with Crippen molar-refractivity contribution in [1.29, 1.82) is 0 Å².